The Hall–Kier alpha value is -1.84. The summed E-state index contributed by atoms with van der Waals surface area (Å²) in [4.78, 5) is 22.5. The summed E-state index contributed by atoms with van der Waals surface area (Å²) in [7, 11) is 0. The molecule has 0 spiro atoms. The molecule has 2 aromatic rings. The first kappa shape index (κ1) is 14.7. The van der Waals surface area contributed by atoms with Crippen molar-refractivity contribution < 1.29 is 4.79 Å². The molecule has 0 aromatic carbocycles. The number of carbonyl (C=O) groups is 1. The van der Waals surface area contributed by atoms with E-state index in [1.807, 2.05) is 12.3 Å². The molecule has 1 saturated heterocycles. The van der Waals surface area contributed by atoms with Gasteiger partial charge >= 0.3 is 0 Å². The van der Waals surface area contributed by atoms with E-state index in [4.69, 9.17) is 0 Å². The molecule has 4 nitrogen and oxygen atoms in total. The highest BCUT2D eigenvalue weighted by Crippen LogP contribution is 2.35. The van der Waals surface area contributed by atoms with Crippen molar-refractivity contribution in [2.75, 3.05) is 6.54 Å². The van der Waals surface area contributed by atoms with Crippen molar-refractivity contribution in [1.29, 1.82) is 0 Å². The second kappa shape index (κ2) is 6.34. The first-order valence-electron chi connectivity index (χ1n) is 9.03. The van der Waals surface area contributed by atoms with Gasteiger partial charge in [0.25, 0.3) is 0 Å². The van der Waals surface area contributed by atoms with Crippen molar-refractivity contribution >= 4 is 16.9 Å². The minimum atomic E-state index is 0.347. The van der Waals surface area contributed by atoms with Crippen LogP contribution < -0.4 is 0 Å². The molecule has 0 bridgehead atoms. The van der Waals surface area contributed by atoms with Crippen molar-refractivity contribution in [3.8, 4) is 0 Å². The van der Waals surface area contributed by atoms with Gasteiger partial charge in [0, 0.05) is 36.8 Å². The average Bonchev–Trinajstić information content (AvgIpc) is 3.02. The van der Waals surface area contributed by atoms with Crippen LogP contribution >= 0.6 is 0 Å². The van der Waals surface area contributed by atoms with E-state index < -0.39 is 0 Å². The summed E-state index contributed by atoms with van der Waals surface area (Å²) < 4.78 is 0. The van der Waals surface area contributed by atoms with Gasteiger partial charge in [0.2, 0.25) is 5.91 Å². The highest BCUT2D eigenvalue weighted by molar-refractivity contribution is 5.81. The number of nitrogens with zero attached hydrogens (tertiary/aromatic N) is 2. The number of piperidine rings is 1. The largest absolute Gasteiger partial charge is 0.346 e. The fraction of sp³-hybridized carbons (Fsp3) is 0.579. The average molecular weight is 311 g/mol. The number of carbonyl (C=O) groups excluding carboxylic acids is 1. The van der Waals surface area contributed by atoms with Gasteiger partial charge in [-0.25, -0.2) is 4.98 Å². The number of hydrogen-bond donors (Lipinski definition) is 1. The molecule has 0 radical (unpaired) electrons. The van der Waals surface area contributed by atoms with E-state index in [2.05, 4.69) is 20.9 Å². The number of fused-ring (bicyclic) bond motifs is 2. The summed E-state index contributed by atoms with van der Waals surface area (Å²) in [5.41, 5.74) is 2.12. The Kier molecular flexibility index (Phi) is 4.06. The van der Waals surface area contributed by atoms with Gasteiger partial charge in [-0.15, -0.1) is 0 Å². The van der Waals surface area contributed by atoms with Crippen molar-refractivity contribution in [1.82, 2.24) is 14.9 Å². The zero-order valence-corrected chi connectivity index (χ0v) is 13.6. The van der Waals surface area contributed by atoms with E-state index in [1.54, 1.807) is 6.20 Å². The first-order chi connectivity index (χ1) is 11.3. The fourth-order valence-electron chi connectivity index (χ4n) is 4.54. The quantitative estimate of drug-likeness (QED) is 0.940. The van der Waals surface area contributed by atoms with Gasteiger partial charge in [0.05, 0.1) is 0 Å². The topological polar surface area (TPSA) is 49.0 Å². The maximum Gasteiger partial charge on any atom is 0.223 e. The second-order valence-electron chi connectivity index (χ2n) is 7.05. The van der Waals surface area contributed by atoms with Crippen LogP contribution in [-0.4, -0.2) is 33.4 Å². The number of hydrogen-bond acceptors (Lipinski definition) is 2. The maximum atomic E-state index is 12.8. The molecule has 2 fully saturated rings. The molecule has 122 valence electrons. The molecule has 23 heavy (non-hydrogen) atoms. The van der Waals surface area contributed by atoms with Crippen LogP contribution in [0.5, 0.6) is 0 Å². The van der Waals surface area contributed by atoms with Crippen molar-refractivity contribution in [3.63, 3.8) is 0 Å². The lowest BCUT2D eigenvalue weighted by atomic mass is 9.78. The van der Waals surface area contributed by atoms with Gasteiger partial charge in [-0.1, -0.05) is 12.8 Å². The number of aromatic amines is 1. The standard InChI is InChI=1S/C19H25N3O/c23-18(22-12-4-6-14-5-1-2-8-17(14)22)10-9-15-13-21-19-16(15)7-3-11-20-19/h3,7,11,13-14,17H,1-2,4-6,8-10,12H2,(H,20,21). The Labute approximate surface area is 137 Å². The number of nitrogens with one attached hydrogen (secondary N) is 1. The number of amides is 1. The van der Waals surface area contributed by atoms with Crippen LogP contribution in [0.2, 0.25) is 0 Å². The zero-order chi connectivity index (χ0) is 15.6. The van der Waals surface area contributed by atoms with Crippen LogP contribution in [0.4, 0.5) is 0 Å². The molecular formula is C19H25N3O. The van der Waals surface area contributed by atoms with Gasteiger partial charge < -0.3 is 9.88 Å². The number of aromatic nitrogens is 2. The third kappa shape index (κ3) is 2.87. The van der Waals surface area contributed by atoms with Gasteiger partial charge in [-0.2, -0.15) is 0 Å². The van der Waals surface area contributed by atoms with E-state index in [0.717, 1.165) is 29.9 Å². The molecule has 1 aliphatic carbocycles. The highest BCUT2D eigenvalue weighted by Gasteiger charge is 2.35. The van der Waals surface area contributed by atoms with E-state index in [9.17, 15) is 4.79 Å². The minimum Gasteiger partial charge on any atom is -0.346 e. The summed E-state index contributed by atoms with van der Waals surface area (Å²) in [5, 5.41) is 1.15. The lowest BCUT2D eigenvalue weighted by Gasteiger charge is -2.44. The summed E-state index contributed by atoms with van der Waals surface area (Å²) >= 11 is 0. The predicted molar refractivity (Wildman–Crippen MR) is 91.1 cm³/mol. The lowest BCUT2D eigenvalue weighted by Crippen LogP contribution is -2.49. The third-order valence-electron chi connectivity index (χ3n) is 5.71. The molecule has 2 atom stereocenters. The number of rotatable bonds is 3. The Bertz CT molecular complexity index is 691. The van der Waals surface area contributed by atoms with Crippen molar-refractivity contribution in [3.05, 3.63) is 30.1 Å². The number of H-pyrrole nitrogens is 1. The van der Waals surface area contributed by atoms with Gasteiger partial charge in [-0.3, -0.25) is 4.79 Å². The number of pyridine rings is 1. The first-order valence-corrected chi connectivity index (χ1v) is 9.03. The predicted octanol–water partition coefficient (Wildman–Crippen LogP) is 3.68. The Balaban J connectivity index is 1.43. The molecule has 4 heteroatoms. The molecule has 2 aliphatic rings. The number of likely N-dealkylation sites (tertiary alicyclic amines) is 1. The third-order valence-corrected chi connectivity index (χ3v) is 5.71. The second-order valence-corrected chi connectivity index (χ2v) is 7.05. The lowest BCUT2D eigenvalue weighted by molar-refractivity contribution is -0.137. The Morgan fingerprint density at radius 3 is 3.09 bits per heavy atom. The van der Waals surface area contributed by atoms with Gasteiger partial charge in [0.1, 0.15) is 5.65 Å². The molecule has 1 saturated carbocycles. The fourth-order valence-corrected chi connectivity index (χ4v) is 4.54. The monoisotopic (exact) mass is 311 g/mol. The summed E-state index contributed by atoms with van der Waals surface area (Å²) in [6.07, 6.45) is 12.9. The Morgan fingerprint density at radius 2 is 2.13 bits per heavy atom. The Morgan fingerprint density at radius 1 is 1.26 bits per heavy atom. The maximum absolute atomic E-state index is 12.8. The van der Waals surface area contributed by atoms with Crippen molar-refractivity contribution in [2.24, 2.45) is 5.92 Å². The van der Waals surface area contributed by atoms with Crippen LogP contribution in [0.3, 0.4) is 0 Å². The van der Waals surface area contributed by atoms with Crippen LogP contribution in [0.25, 0.3) is 11.0 Å². The zero-order valence-electron chi connectivity index (χ0n) is 13.6. The molecule has 2 unspecified atom stereocenters. The van der Waals surface area contributed by atoms with Crippen LogP contribution in [0.1, 0.15) is 50.5 Å². The van der Waals surface area contributed by atoms with Gasteiger partial charge in [0.15, 0.2) is 0 Å². The van der Waals surface area contributed by atoms with E-state index in [-0.39, 0.29) is 0 Å². The van der Waals surface area contributed by atoms with E-state index in [1.165, 1.54) is 44.1 Å². The molecule has 1 aliphatic heterocycles. The van der Waals surface area contributed by atoms with Crippen LogP contribution in [0, 0.1) is 5.92 Å². The minimum absolute atomic E-state index is 0.347. The van der Waals surface area contributed by atoms with Crippen LogP contribution in [-0.2, 0) is 11.2 Å². The summed E-state index contributed by atoms with van der Waals surface area (Å²) in [6, 6.07) is 4.56. The normalized spacial score (nSPS) is 24.6. The molecule has 2 aromatic heterocycles. The number of aryl methyl sites for hydroxylation is 1. The van der Waals surface area contributed by atoms with E-state index in [0.29, 0.717) is 18.4 Å². The van der Waals surface area contributed by atoms with E-state index >= 15 is 0 Å². The molecular weight excluding hydrogens is 286 g/mol. The molecule has 4 rings (SSSR count). The molecule has 1 amide bonds. The molecule has 3 heterocycles. The van der Waals surface area contributed by atoms with Crippen LogP contribution in [0.15, 0.2) is 24.5 Å². The smallest absolute Gasteiger partial charge is 0.223 e. The highest BCUT2D eigenvalue weighted by atomic mass is 16.2. The molecule has 1 N–H and O–H groups in total. The summed E-state index contributed by atoms with van der Waals surface area (Å²) in [6.45, 7) is 0.968. The van der Waals surface area contributed by atoms with Gasteiger partial charge in [-0.05, 0) is 55.7 Å². The van der Waals surface area contributed by atoms with Crippen molar-refractivity contribution in [2.45, 2.75) is 57.4 Å². The SMILES string of the molecule is O=C(CCc1c[nH]c2ncccc12)N1CCCC2CCCCC21. The summed E-state index contributed by atoms with van der Waals surface area (Å²) in [5.74, 6) is 1.11.